The van der Waals surface area contributed by atoms with Crippen LogP contribution in [0.15, 0.2) is 54.6 Å². The summed E-state index contributed by atoms with van der Waals surface area (Å²) >= 11 is 0. The number of halogens is 1. The number of nitrogens with zero attached hydrogens (tertiary/aromatic N) is 1. The van der Waals surface area contributed by atoms with Crippen molar-refractivity contribution in [2.24, 2.45) is 0 Å². The molecule has 2 aromatic carbocycles. The van der Waals surface area contributed by atoms with Crippen LogP contribution >= 0.6 is 12.4 Å². The number of hydrogen-bond donors (Lipinski definition) is 1. The lowest BCUT2D eigenvalue weighted by molar-refractivity contribution is -0.0152. The Morgan fingerprint density at radius 1 is 0.966 bits per heavy atom. The third kappa shape index (κ3) is 5.97. The fourth-order valence-corrected chi connectivity index (χ4v) is 4.53. The first-order valence-corrected chi connectivity index (χ1v) is 10.9. The molecule has 3 nitrogen and oxygen atoms in total. The number of rotatable bonds is 9. The summed E-state index contributed by atoms with van der Waals surface area (Å²) in [4.78, 5) is 2.54. The average molecular weight is 418 g/mol. The van der Waals surface area contributed by atoms with E-state index < -0.39 is 5.60 Å². The lowest BCUT2D eigenvalue weighted by Crippen LogP contribution is -2.42. The van der Waals surface area contributed by atoms with Crippen LogP contribution in [0.25, 0.3) is 0 Å². The largest absolute Gasteiger partial charge is 0.494 e. The van der Waals surface area contributed by atoms with Crippen LogP contribution in [0.3, 0.4) is 0 Å². The maximum absolute atomic E-state index is 12.1. The van der Waals surface area contributed by atoms with E-state index in [1.165, 1.54) is 24.8 Å². The molecule has 1 fully saturated rings. The van der Waals surface area contributed by atoms with E-state index in [-0.39, 0.29) is 18.3 Å². The van der Waals surface area contributed by atoms with Crippen molar-refractivity contribution in [1.29, 1.82) is 0 Å². The first kappa shape index (κ1) is 23.7. The third-order valence-electron chi connectivity index (χ3n) is 5.96. The molecule has 0 spiro atoms. The average Bonchev–Trinajstić information content (AvgIpc) is 2.74. The molecule has 0 aromatic heterocycles. The van der Waals surface area contributed by atoms with E-state index in [1.54, 1.807) is 0 Å². The predicted molar refractivity (Wildman–Crippen MR) is 123 cm³/mol. The van der Waals surface area contributed by atoms with Gasteiger partial charge in [0.1, 0.15) is 5.75 Å². The second kappa shape index (κ2) is 11.6. The van der Waals surface area contributed by atoms with Crippen molar-refractivity contribution < 1.29 is 9.84 Å². The van der Waals surface area contributed by atoms with Crippen molar-refractivity contribution in [1.82, 2.24) is 4.90 Å². The molecule has 4 heteroatoms. The molecule has 1 aliphatic heterocycles. The number of benzene rings is 2. The summed E-state index contributed by atoms with van der Waals surface area (Å²) in [6, 6.07) is 18.6. The predicted octanol–water partition coefficient (Wildman–Crippen LogP) is 5.76. The van der Waals surface area contributed by atoms with Crippen molar-refractivity contribution in [2.45, 2.75) is 57.5 Å². The minimum atomic E-state index is -0.891. The van der Waals surface area contributed by atoms with E-state index in [0.717, 1.165) is 43.8 Å². The number of ether oxygens (including phenoxy) is 1. The highest BCUT2D eigenvalue weighted by Crippen LogP contribution is 2.42. The van der Waals surface area contributed by atoms with Crippen LogP contribution in [0, 0.1) is 0 Å². The highest BCUT2D eigenvalue weighted by atomic mass is 35.5. The number of hydrogen-bond acceptors (Lipinski definition) is 3. The van der Waals surface area contributed by atoms with Crippen LogP contribution in [0.2, 0.25) is 0 Å². The standard InChI is InChI=1S/C25H35NO2.ClH/c1-3-17-25(27,22-13-15-23(16-14-22)28-4-2)24(21-11-7-5-8-12-21)20-26-18-9-6-10-19-26;/h5,7-8,11-16,24,27H,3-4,6,9-10,17-20H2,1-2H3;1H. The van der Waals surface area contributed by atoms with Crippen LogP contribution in [-0.2, 0) is 5.60 Å². The Balaban J connectivity index is 0.00000300. The maximum Gasteiger partial charge on any atom is 0.119 e. The smallest absolute Gasteiger partial charge is 0.119 e. The molecule has 29 heavy (non-hydrogen) atoms. The van der Waals surface area contributed by atoms with Gasteiger partial charge in [0.2, 0.25) is 0 Å². The quantitative estimate of drug-likeness (QED) is 0.562. The normalized spacial score (nSPS) is 17.8. The fraction of sp³-hybridized carbons (Fsp3) is 0.520. The van der Waals surface area contributed by atoms with Crippen molar-refractivity contribution in [3.63, 3.8) is 0 Å². The zero-order valence-electron chi connectivity index (χ0n) is 17.8. The summed E-state index contributed by atoms with van der Waals surface area (Å²) in [5.74, 6) is 0.905. The minimum absolute atomic E-state index is 0. The van der Waals surface area contributed by atoms with Gasteiger partial charge >= 0.3 is 0 Å². The molecule has 0 saturated carbocycles. The van der Waals surface area contributed by atoms with Gasteiger partial charge in [0.15, 0.2) is 0 Å². The maximum atomic E-state index is 12.1. The minimum Gasteiger partial charge on any atom is -0.494 e. The molecule has 3 rings (SSSR count). The van der Waals surface area contributed by atoms with Crippen LogP contribution in [-0.4, -0.2) is 36.2 Å². The Morgan fingerprint density at radius 2 is 1.62 bits per heavy atom. The van der Waals surface area contributed by atoms with E-state index in [9.17, 15) is 5.11 Å². The van der Waals surface area contributed by atoms with Gasteiger partial charge in [0.05, 0.1) is 12.2 Å². The zero-order valence-corrected chi connectivity index (χ0v) is 18.7. The molecule has 0 radical (unpaired) electrons. The van der Waals surface area contributed by atoms with E-state index in [1.807, 2.05) is 31.2 Å². The Bertz CT molecular complexity index is 701. The van der Waals surface area contributed by atoms with Gasteiger partial charge in [-0.15, -0.1) is 12.4 Å². The molecular weight excluding hydrogens is 382 g/mol. The molecule has 2 unspecified atom stereocenters. The van der Waals surface area contributed by atoms with Gasteiger partial charge in [-0.3, -0.25) is 0 Å². The molecular formula is C25H36ClNO2. The van der Waals surface area contributed by atoms with E-state index in [2.05, 4.69) is 42.2 Å². The van der Waals surface area contributed by atoms with Crippen molar-refractivity contribution >= 4 is 12.4 Å². The van der Waals surface area contributed by atoms with Gasteiger partial charge in [-0.05, 0) is 62.5 Å². The molecule has 0 amide bonds. The summed E-state index contributed by atoms with van der Waals surface area (Å²) in [6.07, 6.45) is 5.53. The summed E-state index contributed by atoms with van der Waals surface area (Å²) in [6.45, 7) is 7.96. The van der Waals surface area contributed by atoms with Gasteiger partial charge < -0.3 is 14.7 Å². The topological polar surface area (TPSA) is 32.7 Å². The zero-order chi connectivity index (χ0) is 19.8. The fourth-order valence-electron chi connectivity index (χ4n) is 4.53. The molecule has 1 heterocycles. The second-order valence-electron chi connectivity index (χ2n) is 7.96. The Hall–Kier alpha value is -1.55. The number of piperidine rings is 1. The van der Waals surface area contributed by atoms with E-state index in [4.69, 9.17) is 4.74 Å². The summed E-state index contributed by atoms with van der Waals surface area (Å²) in [5.41, 5.74) is 1.32. The van der Waals surface area contributed by atoms with Crippen LogP contribution in [0.5, 0.6) is 5.75 Å². The van der Waals surface area contributed by atoms with Gasteiger partial charge in [0, 0.05) is 12.5 Å². The molecule has 2 aromatic rings. The Morgan fingerprint density at radius 3 is 2.21 bits per heavy atom. The lowest BCUT2D eigenvalue weighted by Gasteiger charge is -2.41. The monoisotopic (exact) mass is 417 g/mol. The van der Waals surface area contributed by atoms with Crippen LogP contribution in [0.1, 0.15) is 63.0 Å². The Kier molecular flexibility index (Phi) is 9.48. The summed E-state index contributed by atoms with van der Waals surface area (Å²) in [5, 5.41) is 12.1. The SMILES string of the molecule is CCCC(O)(c1ccc(OCC)cc1)C(CN1CCCCC1)c1ccccc1.Cl. The molecule has 2 atom stereocenters. The van der Waals surface area contributed by atoms with Gasteiger partial charge in [-0.2, -0.15) is 0 Å². The summed E-state index contributed by atoms with van der Waals surface area (Å²) in [7, 11) is 0. The second-order valence-corrected chi connectivity index (χ2v) is 7.96. The van der Waals surface area contributed by atoms with Crippen LogP contribution in [0.4, 0.5) is 0 Å². The van der Waals surface area contributed by atoms with E-state index >= 15 is 0 Å². The first-order valence-electron chi connectivity index (χ1n) is 10.9. The Labute approximate surface area is 182 Å². The van der Waals surface area contributed by atoms with Gasteiger partial charge in [0.25, 0.3) is 0 Å². The molecule has 1 aliphatic rings. The molecule has 1 saturated heterocycles. The number of aliphatic hydroxyl groups is 1. The third-order valence-corrected chi connectivity index (χ3v) is 5.96. The molecule has 0 aliphatic carbocycles. The van der Waals surface area contributed by atoms with Crippen molar-refractivity contribution in [3.05, 3.63) is 65.7 Å². The van der Waals surface area contributed by atoms with Gasteiger partial charge in [-0.1, -0.05) is 62.2 Å². The summed E-state index contributed by atoms with van der Waals surface area (Å²) < 4.78 is 5.61. The highest BCUT2D eigenvalue weighted by molar-refractivity contribution is 5.85. The van der Waals surface area contributed by atoms with Gasteiger partial charge in [-0.25, -0.2) is 0 Å². The van der Waals surface area contributed by atoms with Crippen molar-refractivity contribution in [2.75, 3.05) is 26.2 Å². The van der Waals surface area contributed by atoms with Crippen molar-refractivity contribution in [3.8, 4) is 5.75 Å². The van der Waals surface area contributed by atoms with Crippen LogP contribution < -0.4 is 4.74 Å². The molecule has 1 N–H and O–H groups in total. The van der Waals surface area contributed by atoms with E-state index in [0.29, 0.717) is 6.61 Å². The number of likely N-dealkylation sites (tertiary alicyclic amines) is 1. The molecule has 160 valence electrons. The lowest BCUT2D eigenvalue weighted by atomic mass is 9.74. The highest BCUT2D eigenvalue weighted by Gasteiger charge is 2.39. The first-order chi connectivity index (χ1) is 13.7. The molecule has 0 bridgehead atoms.